The predicted molar refractivity (Wildman–Crippen MR) is 105 cm³/mol. The van der Waals surface area contributed by atoms with Gasteiger partial charge in [0.2, 0.25) is 0 Å². The highest BCUT2D eigenvalue weighted by atomic mass is 32.1. The fourth-order valence-electron chi connectivity index (χ4n) is 3.11. The molecule has 1 unspecified atom stereocenters. The van der Waals surface area contributed by atoms with Crippen molar-refractivity contribution in [3.63, 3.8) is 0 Å². The van der Waals surface area contributed by atoms with Gasteiger partial charge in [0, 0.05) is 44.0 Å². The van der Waals surface area contributed by atoms with E-state index in [2.05, 4.69) is 63.9 Å². The van der Waals surface area contributed by atoms with E-state index in [9.17, 15) is 0 Å². The molecular formula is C20H29N3OS. The van der Waals surface area contributed by atoms with Gasteiger partial charge in [0.05, 0.1) is 0 Å². The van der Waals surface area contributed by atoms with Crippen LogP contribution in [0.2, 0.25) is 0 Å². The van der Waals surface area contributed by atoms with Crippen molar-refractivity contribution in [3.8, 4) is 5.75 Å². The van der Waals surface area contributed by atoms with Gasteiger partial charge >= 0.3 is 0 Å². The largest absolute Gasteiger partial charge is 0.485 e. The molecule has 1 aliphatic rings. The number of hydrogen-bond acceptors (Lipinski definition) is 5. The molecule has 0 radical (unpaired) electrons. The smallest absolute Gasteiger partial charge is 0.134 e. The van der Waals surface area contributed by atoms with E-state index in [-0.39, 0.29) is 6.10 Å². The van der Waals surface area contributed by atoms with Crippen LogP contribution >= 0.6 is 11.3 Å². The molecule has 1 N–H and O–H groups in total. The first kappa shape index (κ1) is 18.4. The standard InChI is InChI=1S/C20H29N3OS/c1-21-10-9-19(20-4-3-15-25-20)24-18-7-5-17(6-8-18)16-23-13-11-22(2)12-14-23/h3-8,15,19,21H,9-14,16H2,1-2H3. The lowest BCUT2D eigenvalue weighted by atomic mass is 10.1. The molecule has 25 heavy (non-hydrogen) atoms. The van der Waals surface area contributed by atoms with Crippen LogP contribution in [0.4, 0.5) is 0 Å². The van der Waals surface area contributed by atoms with Crippen molar-refractivity contribution < 1.29 is 4.74 Å². The Labute approximate surface area is 155 Å². The maximum Gasteiger partial charge on any atom is 0.134 e. The van der Waals surface area contributed by atoms with Gasteiger partial charge in [-0.25, -0.2) is 0 Å². The first-order chi connectivity index (χ1) is 12.2. The van der Waals surface area contributed by atoms with Gasteiger partial charge in [-0.05, 0) is 49.8 Å². The van der Waals surface area contributed by atoms with Crippen LogP contribution in [0.25, 0.3) is 0 Å². The zero-order valence-electron chi connectivity index (χ0n) is 15.3. The van der Waals surface area contributed by atoms with Gasteiger partial charge in [-0.2, -0.15) is 0 Å². The summed E-state index contributed by atoms with van der Waals surface area (Å²) in [7, 11) is 4.18. The lowest BCUT2D eigenvalue weighted by molar-refractivity contribution is 0.148. The van der Waals surface area contributed by atoms with Crippen LogP contribution in [0.1, 0.15) is 23.0 Å². The Morgan fingerprint density at radius 3 is 2.52 bits per heavy atom. The summed E-state index contributed by atoms with van der Waals surface area (Å²) in [5.74, 6) is 0.955. The van der Waals surface area contributed by atoms with Gasteiger partial charge in [-0.1, -0.05) is 18.2 Å². The van der Waals surface area contributed by atoms with Crippen molar-refractivity contribution in [3.05, 3.63) is 52.2 Å². The SMILES string of the molecule is CNCCC(Oc1ccc(CN2CCN(C)CC2)cc1)c1cccs1. The van der Waals surface area contributed by atoms with Crippen LogP contribution < -0.4 is 10.1 Å². The number of likely N-dealkylation sites (N-methyl/N-ethyl adjacent to an activating group) is 1. The summed E-state index contributed by atoms with van der Waals surface area (Å²) < 4.78 is 6.27. The third-order valence-electron chi connectivity index (χ3n) is 4.72. The van der Waals surface area contributed by atoms with E-state index in [1.165, 1.54) is 10.4 Å². The molecule has 0 saturated carbocycles. The molecule has 1 fully saturated rings. The van der Waals surface area contributed by atoms with Crippen LogP contribution in [0, 0.1) is 0 Å². The first-order valence-corrected chi connectivity index (χ1v) is 9.97. The molecule has 1 atom stereocenters. The van der Waals surface area contributed by atoms with Crippen molar-refractivity contribution in [2.24, 2.45) is 0 Å². The summed E-state index contributed by atoms with van der Waals surface area (Å²) in [5, 5.41) is 5.33. The van der Waals surface area contributed by atoms with E-state index < -0.39 is 0 Å². The van der Waals surface area contributed by atoms with Gasteiger partial charge < -0.3 is 15.0 Å². The van der Waals surface area contributed by atoms with E-state index in [0.717, 1.165) is 51.4 Å². The number of piperazine rings is 1. The average molecular weight is 360 g/mol. The molecule has 0 amide bonds. The lowest BCUT2D eigenvalue weighted by Crippen LogP contribution is -2.43. The zero-order valence-corrected chi connectivity index (χ0v) is 16.1. The molecule has 0 bridgehead atoms. The summed E-state index contributed by atoms with van der Waals surface area (Å²) in [5.41, 5.74) is 1.36. The van der Waals surface area contributed by atoms with E-state index in [1.807, 2.05) is 7.05 Å². The maximum absolute atomic E-state index is 6.27. The lowest BCUT2D eigenvalue weighted by Gasteiger charge is -2.32. The molecular weight excluding hydrogens is 330 g/mol. The normalized spacial score (nSPS) is 17.5. The van der Waals surface area contributed by atoms with Gasteiger partial charge in [-0.3, -0.25) is 4.90 Å². The minimum atomic E-state index is 0.121. The van der Waals surface area contributed by atoms with Crippen LogP contribution in [0.15, 0.2) is 41.8 Å². The number of nitrogens with zero attached hydrogens (tertiary/aromatic N) is 2. The highest BCUT2D eigenvalue weighted by molar-refractivity contribution is 7.10. The van der Waals surface area contributed by atoms with Crippen LogP contribution in [-0.4, -0.2) is 56.6 Å². The van der Waals surface area contributed by atoms with Gasteiger partial charge in [0.15, 0.2) is 0 Å². The molecule has 3 rings (SSSR count). The summed E-state index contributed by atoms with van der Waals surface area (Å²) in [6.45, 7) is 6.61. The minimum Gasteiger partial charge on any atom is -0.485 e. The van der Waals surface area contributed by atoms with E-state index in [0.29, 0.717) is 0 Å². The molecule has 136 valence electrons. The Hall–Kier alpha value is -1.40. The second kappa shape index (κ2) is 9.34. The molecule has 0 spiro atoms. The Morgan fingerprint density at radius 2 is 1.88 bits per heavy atom. The molecule has 1 saturated heterocycles. The Balaban J connectivity index is 1.57. The molecule has 1 aromatic heterocycles. The quantitative estimate of drug-likeness (QED) is 0.783. The van der Waals surface area contributed by atoms with E-state index in [4.69, 9.17) is 4.74 Å². The number of nitrogens with one attached hydrogen (secondary N) is 1. The summed E-state index contributed by atoms with van der Waals surface area (Å²) in [6, 6.07) is 12.9. The van der Waals surface area contributed by atoms with Crippen molar-refractivity contribution >= 4 is 11.3 Å². The molecule has 1 aromatic carbocycles. The molecule has 0 aliphatic carbocycles. The average Bonchev–Trinajstić information content (AvgIpc) is 3.16. The summed E-state index contributed by atoms with van der Waals surface area (Å²) in [6.07, 6.45) is 1.09. The van der Waals surface area contributed by atoms with Gasteiger partial charge in [-0.15, -0.1) is 11.3 Å². The second-order valence-corrected chi connectivity index (χ2v) is 7.72. The van der Waals surface area contributed by atoms with E-state index in [1.54, 1.807) is 11.3 Å². The summed E-state index contributed by atoms with van der Waals surface area (Å²) >= 11 is 1.76. The summed E-state index contributed by atoms with van der Waals surface area (Å²) in [4.78, 5) is 6.21. The minimum absolute atomic E-state index is 0.121. The molecule has 1 aliphatic heterocycles. The topological polar surface area (TPSA) is 27.7 Å². The van der Waals surface area contributed by atoms with Crippen molar-refractivity contribution in [2.75, 3.05) is 46.8 Å². The van der Waals surface area contributed by atoms with Crippen molar-refractivity contribution in [1.82, 2.24) is 15.1 Å². The monoisotopic (exact) mass is 359 g/mol. The third-order valence-corrected chi connectivity index (χ3v) is 5.69. The molecule has 2 aromatic rings. The zero-order chi connectivity index (χ0) is 17.5. The van der Waals surface area contributed by atoms with Gasteiger partial charge in [0.1, 0.15) is 11.9 Å². The van der Waals surface area contributed by atoms with Crippen LogP contribution in [0.5, 0.6) is 5.75 Å². The highest BCUT2D eigenvalue weighted by Crippen LogP contribution is 2.28. The number of ether oxygens (including phenoxy) is 1. The van der Waals surface area contributed by atoms with Crippen LogP contribution in [-0.2, 0) is 6.54 Å². The number of rotatable bonds is 8. The Bertz CT molecular complexity index is 606. The molecule has 2 heterocycles. The predicted octanol–water partition coefficient (Wildman–Crippen LogP) is 3.23. The second-order valence-electron chi connectivity index (χ2n) is 6.74. The van der Waals surface area contributed by atoms with Crippen molar-refractivity contribution in [2.45, 2.75) is 19.1 Å². The Morgan fingerprint density at radius 1 is 1.12 bits per heavy atom. The fourth-order valence-corrected chi connectivity index (χ4v) is 3.90. The number of thiophene rings is 1. The highest BCUT2D eigenvalue weighted by Gasteiger charge is 2.15. The third kappa shape index (κ3) is 5.54. The number of benzene rings is 1. The maximum atomic E-state index is 6.27. The molecule has 5 heteroatoms. The van der Waals surface area contributed by atoms with Crippen molar-refractivity contribution in [1.29, 1.82) is 0 Å². The van der Waals surface area contributed by atoms with E-state index >= 15 is 0 Å². The first-order valence-electron chi connectivity index (χ1n) is 9.09. The number of hydrogen-bond donors (Lipinski definition) is 1. The fraction of sp³-hybridized carbons (Fsp3) is 0.500. The van der Waals surface area contributed by atoms with Crippen LogP contribution in [0.3, 0.4) is 0 Å². The van der Waals surface area contributed by atoms with Gasteiger partial charge in [0.25, 0.3) is 0 Å². The Kier molecular flexibility index (Phi) is 6.87. The molecule has 4 nitrogen and oxygen atoms in total.